The normalized spacial score (nSPS) is 10.3. The predicted octanol–water partition coefficient (Wildman–Crippen LogP) is 2.65. The molecule has 84 valence electrons. The number of carbonyl (C=O) groups excluding carboxylic acids is 1. The summed E-state index contributed by atoms with van der Waals surface area (Å²) in [7, 11) is 0. The zero-order valence-corrected chi connectivity index (χ0v) is 11.5. The van der Waals surface area contributed by atoms with Crippen LogP contribution >= 0.6 is 33.9 Å². The average molecular weight is 346 g/mol. The number of thiophene rings is 1. The highest BCUT2D eigenvalue weighted by Crippen LogP contribution is 2.18. The number of H-pyrrole nitrogens is 1. The van der Waals surface area contributed by atoms with Crippen LogP contribution in [0.2, 0.25) is 0 Å². The van der Waals surface area contributed by atoms with E-state index in [1.54, 1.807) is 23.6 Å². The number of hydrogen-bond acceptors (Lipinski definition) is 2. The third-order valence-corrected chi connectivity index (χ3v) is 4.08. The van der Waals surface area contributed by atoms with Gasteiger partial charge in [0.15, 0.2) is 0 Å². The summed E-state index contributed by atoms with van der Waals surface area (Å²) in [6.45, 7) is 0.675. The number of aromatic nitrogens is 1. The molecule has 2 aromatic rings. The predicted molar refractivity (Wildman–Crippen MR) is 73.9 cm³/mol. The number of amides is 1. The van der Waals surface area contributed by atoms with Gasteiger partial charge in [0.25, 0.3) is 5.91 Å². The Morgan fingerprint density at radius 3 is 2.94 bits per heavy atom. The molecule has 0 aliphatic heterocycles. The van der Waals surface area contributed by atoms with Crippen LogP contribution in [0.4, 0.5) is 0 Å². The Bertz CT molecular complexity index is 464. The maximum Gasteiger partial charge on any atom is 0.267 e. The summed E-state index contributed by atoms with van der Waals surface area (Å²) in [5, 5.41) is 2.88. The van der Waals surface area contributed by atoms with Crippen molar-refractivity contribution >= 4 is 39.8 Å². The molecule has 0 radical (unpaired) electrons. The molecule has 0 atom stereocenters. The third kappa shape index (κ3) is 3.08. The summed E-state index contributed by atoms with van der Waals surface area (Å²) < 4.78 is 1.28. The van der Waals surface area contributed by atoms with Crippen LogP contribution in [0, 0.1) is 2.88 Å². The molecule has 5 heteroatoms. The monoisotopic (exact) mass is 346 g/mol. The van der Waals surface area contributed by atoms with Crippen LogP contribution in [-0.4, -0.2) is 17.4 Å². The fraction of sp³-hybridized carbons (Fsp3) is 0.182. The highest BCUT2D eigenvalue weighted by molar-refractivity contribution is 14.1. The first-order valence-corrected chi connectivity index (χ1v) is 6.81. The molecule has 2 N–H and O–H groups in total. The summed E-state index contributed by atoms with van der Waals surface area (Å²) in [6, 6.07) is 7.78. The van der Waals surface area contributed by atoms with Crippen LogP contribution < -0.4 is 5.32 Å². The number of nitrogens with one attached hydrogen (secondary N) is 2. The molecule has 2 aromatic heterocycles. The van der Waals surface area contributed by atoms with Crippen molar-refractivity contribution in [2.45, 2.75) is 6.42 Å². The van der Waals surface area contributed by atoms with Gasteiger partial charge in [-0.15, -0.1) is 11.3 Å². The van der Waals surface area contributed by atoms with Crippen molar-refractivity contribution in [3.63, 3.8) is 0 Å². The second-order valence-corrected chi connectivity index (χ2v) is 6.36. The molecule has 16 heavy (non-hydrogen) atoms. The lowest BCUT2D eigenvalue weighted by Crippen LogP contribution is -2.25. The molecule has 0 aromatic carbocycles. The molecule has 0 fully saturated rings. The number of carbonyl (C=O) groups is 1. The van der Waals surface area contributed by atoms with E-state index in [0.717, 1.165) is 6.42 Å². The van der Waals surface area contributed by atoms with E-state index >= 15 is 0 Å². The maximum atomic E-state index is 11.6. The minimum atomic E-state index is -0.0451. The number of aromatic amines is 1. The van der Waals surface area contributed by atoms with Crippen molar-refractivity contribution < 1.29 is 4.79 Å². The summed E-state index contributed by atoms with van der Waals surface area (Å²) in [4.78, 5) is 15.7. The second-order valence-electron chi connectivity index (χ2n) is 3.30. The lowest BCUT2D eigenvalue weighted by Gasteiger charge is -2.01. The molecule has 0 saturated carbocycles. The minimum absolute atomic E-state index is 0.0451. The van der Waals surface area contributed by atoms with Gasteiger partial charge < -0.3 is 10.3 Å². The Labute approximate surface area is 111 Å². The fourth-order valence-electron chi connectivity index (χ4n) is 1.35. The molecule has 2 heterocycles. The van der Waals surface area contributed by atoms with E-state index in [0.29, 0.717) is 12.2 Å². The van der Waals surface area contributed by atoms with Gasteiger partial charge in [-0.05, 0) is 53.3 Å². The molecular weight excluding hydrogens is 335 g/mol. The van der Waals surface area contributed by atoms with Gasteiger partial charge in [-0.25, -0.2) is 0 Å². The molecule has 0 unspecified atom stereocenters. The Morgan fingerprint density at radius 2 is 2.31 bits per heavy atom. The third-order valence-electron chi connectivity index (χ3n) is 2.13. The van der Waals surface area contributed by atoms with Crippen LogP contribution in [0.1, 0.15) is 15.4 Å². The van der Waals surface area contributed by atoms with Gasteiger partial charge in [-0.1, -0.05) is 0 Å². The molecule has 3 nitrogen and oxygen atoms in total. The quantitative estimate of drug-likeness (QED) is 0.822. The van der Waals surface area contributed by atoms with Gasteiger partial charge in [-0.3, -0.25) is 4.79 Å². The first kappa shape index (κ1) is 11.7. The highest BCUT2D eigenvalue weighted by Gasteiger charge is 2.04. The molecule has 0 aliphatic carbocycles. The first-order chi connectivity index (χ1) is 7.75. The van der Waals surface area contributed by atoms with Crippen LogP contribution in [0.25, 0.3) is 0 Å². The van der Waals surface area contributed by atoms with Crippen LogP contribution in [-0.2, 0) is 6.42 Å². The molecule has 0 aliphatic rings. The molecule has 2 rings (SSSR count). The van der Waals surface area contributed by atoms with Gasteiger partial charge in [-0.2, -0.15) is 0 Å². The van der Waals surface area contributed by atoms with Crippen LogP contribution in [0.15, 0.2) is 30.5 Å². The standard InChI is InChI=1S/C11H11IN2OS/c12-10-4-3-8(16-10)5-7-14-11(15)9-2-1-6-13-9/h1-4,6,13H,5,7H2,(H,14,15). The van der Waals surface area contributed by atoms with E-state index in [1.165, 1.54) is 7.76 Å². The zero-order chi connectivity index (χ0) is 11.4. The lowest BCUT2D eigenvalue weighted by atomic mass is 10.3. The van der Waals surface area contributed by atoms with E-state index in [-0.39, 0.29) is 5.91 Å². The van der Waals surface area contributed by atoms with Crippen molar-refractivity contribution in [3.8, 4) is 0 Å². The average Bonchev–Trinajstić information content (AvgIpc) is 2.89. The topological polar surface area (TPSA) is 44.9 Å². The van der Waals surface area contributed by atoms with Crippen molar-refractivity contribution in [2.75, 3.05) is 6.54 Å². The second kappa shape index (κ2) is 5.49. The van der Waals surface area contributed by atoms with Gasteiger partial charge in [0.2, 0.25) is 0 Å². The smallest absolute Gasteiger partial charge is 0.267 e. The van der Waals surface area contributed by atoms with Gasteiger partial charge in [0.1, 0.15) is 5.69 Å². The van der Waals surface area contributed by atoms with Gasteiger partial charge in [0.05, 0.1) is 2.88 Å². The zero-order valence-electron chi connectivity index (χ0n) is 8.50. The summed E-state index contributed by atoms with van der Waals surface area (Å²) in [6.07, 6.45) is 2.64. The Kier molecular flexibility index (Phi) is 4.00. The van der Waals surface area contributed by atoms with Crippen molar-refractivity contribution in [3.05, 3.63) is 43.9 Å². The lowest BCUT2D eigenvalue weighted by molar-refractivity contribution is 0.0950. The molecule has 0 saturated heterocycles. The van der Waals surface area contributed by atoms with Crippen molar-refractivity contribution in [2.24, 2.45) is 0 Å². The van der Waals surface area contributed by atoms with E-state index < -0.39 is 0 Å². The number of rotatable bonds is 4. The maximum absolute atomic E-state index is 11.6. The SMILES string of the molecule is O=C(NCCc1ccc(I)s1)c1ccc[nH]1. The number of halogens is 1. The molecule has 0 spiro atoms. The summed E-state index contributed by atoms with van der Waals surface area (Å²) >= 11 is 4.06. The highest BCUT2D eigenvalue weighted by atomic mass is 127. The molecule has 0 bridgehead atoms. The van der Waals surface area contributed by atoms with Crippen LogP contribution in [0.5, 0.6) is 0 Å². The minimum Gasteiger partial charge on any atom is -0.357 e. The van der Waals surface area contributed by atoms with Crippen LogP contribution in [0.3, 0.4) is 0 Å². The van der Waals surface area contributed by atoms with Crippen molar-refractivity contribution in [1.29, 1.82) is 0 Å². The van der Waals surface area contributed by atoms with E-state index in [4.69, 9.17) is 0 Å². The van der Waals surface area contributed by atoms with Crippen molar-refractivity contribution in [1.82, 2.24) is 10.3 Å². The first-order valence-electron chi connectivity index (χ1n) is 4.91. The van der Waals surface area contributed by atoms with E-state index in [2.05, 4.69) is 45.0 Å². The van der Waals surface area contributed by atoms with E-state index in [9.17, 15) is 4.79 Å². The van der Waals surface area contributed by atoms with E-state index in [1.807, 2.05) is 6.07 Å². The Hall–Kier alpha value is -0.820. The van der Waals surface area contributed by atoms with Gasteiger partial charge in [0, 0.05) is 17.6 Å². The molecule has 1 amide bonds. The van der Waals surface area contributed by atoms with Gasteiger partial charge >= 0.3 is 0 Å². The summed E-state index contributed by atoms with van der Waals surface area (Å²) in [5.74, 6) is -0.0451. The summed E-state index contributed by atoms with van der Waals surface area (Å²) in [5.41, 5.74) is 0.612. The Balaban J connectivity index is 1.78. The Morgan fingerprint density at radius 1 is 1.44 bits per heavy atom. The largest absolute Gasteiger partial charge is 0.357 e. The number of hydrogen-bond donors (Lipinski definition) is 2. The fourth-order valence-corrected chi connectivity index (χ4v) is 3.11. The molecular formula is C11H11IN2OS.